The van der Waals surface area contributed by atoms with Crippen molar-refractivity contribution >= 4 is 11.1 Å². The molecule has 20 heavy (non-hydrogen) atoms. The second kappa shape index (κ2) is 6.40. The summed E-state index contributed by atoms with van der Waals surface area (Å²) in [7, 11) is 0. The monoisotopic (exact) mass is 272 g/mol. The Hall–Kier alpha value is -1.35. The molecule has 0 amide bonds. The van der Waals surface area contributed by atoms with Crippen LogP contribution in [0.5, 0.6) is 0 Å². The molecule has 108 valence electrons. The Bertz CT molecular complexity index is 512. The summed E-state index contributed by atoms with van der Waals surface area (Å²) in [6.45, 7) is 3.30. The average Bonchev–Trinajstić information content (AvgIpc) is 2.82. The van der Waals surface area contributed by atoms with Crippen LogP contribution in [-0.2, 0) is 6.42 Å². The van der Waals surface area contributed by atoms with E-state index in [-0.39, 0.29) is 0 Å². The summed E-state index contributed by atoms with van der Waals surface area (Å²) in [4.78, 5) is 4.61. The molecule has 0 aliphatic heterocycles. The third-order valence-electron chi connectivity index (χ3n) is 4.28. The molecule has 1 atom stereocenters. The molecule has 0 saturated heterocycles. The Balaban J connectivity index is 1.66. The minimum absolute atomic E-state index is 0.508. The lowest BCUT2D eigenvalue weighted by atomic mass is 9.80. The van der Waals surface area contributed by atoms with E-state index in [2.05, 4.69) is 17.2 Å². The lowest BCUT2D eigenvalue weighted by molar-refractivity contribution is 0.254. The summed E-state index contributed by atoms with van der Waals surface area (Å²) in [6, 6.07) is 8.52. The Morgan fingerprint density at radius 2 is 2.20 bits per heavy atom. The van der Waals surface area contributed by atoms with Crippen molar-refractivity contribution in [3.63, 3.8) is 0 Å². The third kappa shape index (κ3) is 3.21. The summed E-state index contributed by atoms with van der Waals surface area (Å²) in [5, 5.41) is 3.66. The highest BCUT2D eigenvalue weighted by atomic mass is 16.3. The first-order valence-electron chi connectivity index (χ1n) is 7.93. The minimum Gasteiger partial charge on any atom is -0.441 e. The number of fused-ring (bicyclic) bond motifs is 1. The van der Waals surface area contributed by atoms with Crippen LogP contribution in [0.2, 0.25) is 0 Å². The van der Waals surface area contributed by atoms with Gasteiger partial charge in [0.2, 0.25) is 0 Å². The van der Waals surface area contributed by atoms with Gasteiger partial charge in [-0.15, -0.1) is 0 Å². The number of para-hydroxylation sites is 2. The number of rotatable bonds is 7. The predicted molar refractivity (Wildman–Crippen MR) is 81.8 cm³/mol. The number of aromatic nitrogens is 1. The molecule has 1 aromatic heterocycles. The number of oxazole rings is 1. The van der Waals surface area contributed by atoms with E-state index in [0.29, 0.717) is 6.04 Å². The molecule has 3 rings (SSSR count). The van der Waals surface area contributed by atoms with Crippen molar-refractivity contribution in [2.75, 3.05) is 6.54 Å². The highest BCUT2D eigenvalue weighted by molar-refractivity contribution is 5.72. The molecule has 1 heterocycles. The van der Waals surface area contributed by atoms with Crippen molar-refractivity contribution in [2.45, 2.75) is 51.5 Å². The maximum Gasteiger partial charge on any atom is 0.197 e. The first-order valence-corrected chi connectivity index (χ1v) is 7.93. The molecule has 3 nitrogen and oxygen atoms in total. The summed E-state index contributed by atoms with van der Waals surface area (Å²) >= 11 is 0. The number of hydrogen-bond donors (Lipinski definition) is 1. The fourth-order valence-corrected chi connectivity index (χ4v) is 2.94. The topological polar surface area (TPSA) is 38.1 Å². The predicted octanol–water partition coefficient (Wildman–Crippen LogP) is 3.93. The van der Waals surface area contributed by atoms with Crippen LogP contribution < -0.4 is 5.32 Å². The Morgan fingerprint density at radius 1 is 1.35 bits per heavy atom. The molecular formula is C17H24N2O. The second-order valence-corrected chi connectivity index (χ2v) is 5.96. The van der Waals surface area contributed by atoms with Gasteiger partial charge in [-0.05, 0) is 37.4 Å². The average molecular weight is 272 g/mol. The van der Waals surface area contributed by atoms with Gasteiger partial charge in [-0.1, -0.05) is 38.3 Å². The van der Waals surface area contributed by atoms with E-state index in [1.165, 1.54) is 32.1 Å². The van der Waals surface area contributed by atoms with Gasteiger partial charge >= 0.3 is 0 Å². The number of nitrogens with one attached hydrogen (secondary N) is 1. The molecule has 0 radical (unpaired) electrons. The number of benzene rings is 1. The lowest BCUT2D eigenvalue weighted by Crippen LogP contribution is -2.35. The van der Waals surface area contributed by atoms with Crippen LogP contribution in [0.25, 0.3) is 11.1 Å². The second-order valence-electron chi connectivity index (χ2n) is 5.96. The van der Waals surface area contributed by atoms with Gasteiger partial charge in [-0.25, -0.2) is 4.98 Å². The van der Waals surface area contributed by atoms with Gasteiger partial charge in [0, 0.05) is 12.5 Å². The van der Waals surface area contributed by atoms with Crippen molar-refractivity contribution < 1.29 is 4.42 Å². The highest BCUT2D eigenvalue weighted by Crippen LogP contribution is 2.31. The lowest BCUT2D eigenvalue weighted by Gasteiger charge is -2.29. The number of hydrogen-bond acceptors (Lipinski definition) is 3. The zero-order chi connectivity index (χ0) is 13.8. The minimum atomic E-state index is 0.508. The molecule has 1 fully saturated rings. The van der Waals surface area contributed by atoms with Crippen molar-refractivity contribution in [1.82, 2.24) is 10.3 Å². The maximum absolute atomic E-state index is 5.86. The van der Waals surface area contributed by atoms with Crippen molar-refractivity contribution in [1.29, 1.82) is 0 Å². The van der Waals surface area contributed by atoms with Gasteiger partial charge in [-0.3, -0.25) is 0 Å². The molecule has 1 aliphatic rings. The van der Waals surface area contributed by atoms with Gasteiger partial charge in [0.15, 0.2) is 11.5 Å². The van der Waals surface area contributed by atoms with E-state index in [1.54, 1.807) is 0 Å². The van der Waals surface area contributed by atoms with E-state index in [0.717, 1.165) is 35.9 Å². The van der Waals surface area contributed by atoms with Crippen LogP contribution in [0, 0.1) is 5.92 Å². The van der Waals surface area contributed by atoms with Crippen molar-refractivity contribution in [3.05, 3.63) is 30.2 Å². The Morgan fingerprint density at radius 3 is 2.90 bits per heavy atom. The van der Waals surface area contributed by atoms with Gasteiger partial charge < -0.3 is 9.73 Å². The van der Waals surface area contributed by atoms with E-state index < -0.39 is 0 Å². The fourth-order valence-electron chi connectivity index (χ4n) is 2.94. The van der Waals surface area contributed by atoms with E-state index >= 15 is 0 Å². The van der Waals surface area contributed by atoms with Crippen LogP contribution in [0.15, 0.2) is 28.7 Å². The summed E-state index contributed by atoms with van der Waals surface area (Å²) in [5.41, 5.74) is 1.88. The standard InChI is InChI=1S/C17H24N2O/c1-2-10-18-14(11-13-6-5-7-13)12-17-19-15-8-3-4-9-16(15)20-17/h3-4,8-9,13-14,18H,2,5-7,10-12H2,1H3. The zero-order valence-corrected chi connectivity index (χ0v) is 12.3. The molecule has 1 aliphatic carbocycles. The molecule has 1 N–H and O–H groups in total. The van der Waals surface area contributed by atoms with Crippen LogP contribution >= 0.6 is 0 Å². The summed E-state index contributed by atoms with van der Waals surface area (Å²) in [6.07, 6.45) is 7.56. The van der Waals surface area contributed by atoms with Crippen LogP contribution in [-0.4, -0.2) is 17.6 Å². The van der Waals surface area contributed by atoms with E-state index in [9.17, 15) is 0 Å². The molecule has 2 aromatic rings. The molecule has 1 saturated carbocycles. The van der Waals surface area contributed by atoms with Gasteiger partial charge in [0.25, 0.3) is 0 Å². The summed E-state index contributed by atoms with van der Waals surface area (Å²) < 4.78 is 5.86. The Kier molecular flexibility index (Phi) is 4.36. The normalized spacial score (nSPS) is 17.2. The maximum atomic E-state index is 5.86. The first kappa shape index (κ1) is 13.6. The highest BCUT2D eigenvalue weighted by Gasteiger charge is 2.23. The van der Waals surface area contributed by atoms with Gasteiger partial charge in [0.05, 0.1) is 0 Å². The number of nitrogens with zero attached hydrogens (tertiary/aromatic N) is 1. The molecule has 3 heteroatoms. The smallest absolute Gasteiger partial charge is 0.197 e. The van der Waals surface area contributed by atoms with Gasteiger partial charge in [-0.2, -0.15) is 0 Å². The largest absolute Gasteiger partial charge is 0.441 e. The molecule has 1 aromatic carbocycles. The van der Waals surface area contributed by atoms with Gasteiger partial charge in [0.1, 0.15) is 5.52 Å². The summed E-state index contributed by atoms with van der Waals surface area (Å²) in [5.74, 6) is 1.79. The van der Waals surface area contributed by atoms with E-state index in [4.69, 9.17) is 4.42 Å². The fraction of sp³-hybridized carbons (Fsp3) is 0.588. The molecule has 0 bridgehead atoms. The zero-order valence-electron chi connectivity index (χ0n) is 12.3. The quantitative estimate of drug-likeness (QED) is 0.830. The van der Waals surface area contributed by atoms with E-state index in [1.807, 2.05) is 24.3 Å². The van der Waals surface area contributed by atoms with Crippen LogP contribution in [0.1, 0.15) is 44.9 Å². The first-order chi connectivity index (χ1) is 9.85. The molecule has 1 unspecified atom stereocenters. The molecule has 0 spiro atoms. The SMILES string of the molecule is CCCNC(Cc1nc2ccccc2o1)CC1CCC1. The van der Waals surface area contributed by atoms with Crippen molar-refractivity contribution in [3.8, 4) is 0 Å². The van der Waals surface area contributed by atoms with Crippen molar-refractivity contribution in [2.24, 2.45) is 5.92 Å². The molecular weight excluding hydrogens is 248 g/mol. The Labute approximate surface area is 120 Å². The third-order valence-corrected chi connectivity index (χ3v) is 4.28. The van der Waals surface area contributed by atoms with Crippen LogP contribution in [0.4, 0.5) is 0 Å². The van der Waals surface area contributed by atoms with Crippen LogP contribution in [0.3, 0.4) is 0 Å².